The van der Waals surface area contributed by atoms with Crippen LogP contribution in [0.2, 0.25) is 0 Å². The average molecular weight is 260 g/mol. The highest BCUT2D eigenvalue weighted by Gasteiger charge is 2.05. The number of hydrogen-bond donors (Lipinski definition) is 1. The van der Waals surface area contributed by atoms with E-state index in [1.807, 2.05) is 29.1 Å². The summed E-state index contributed by atoms with van der Waals surface area (Å²) in [6, 6.07) is 10.4. The topological polar surface area (TPSA) is 34.0 Å². The highest BCUT2D eigenvalue weighted by atomic mass is 19.1. The second-order valence-corrected chi connectivity index (χ2v) is 4.36. The zero-order valence-corrected chi connectivity index (χ0v) is 10.7. The SMILES string of the molecule is O=C(CCc1ccccc1F)NCCn1cccc1. The molecule has 0 fully saturated rings. The van der Waals surface area contributed by atoms with Gasteiger partial charge in [0, 0.05) is 31.9 Å². The lowest BCUT2D eigenvalue weighted by Crippen LogP contribution is -2.27. The first kappa shape index (κ1) is 13.3. The zero-order valence-electron chi connectivity index (χ0n) is 10.7. The molecule has 0 aliphatic rings. The maximum absolute atomic E-state index is 13.3. The summed E-state index contributed by atoms with van der Waals surface area (Å²) in [5.41, 5.74) is 0.586. The summed E-state index contributed by atoms with van der Waals surface area (Å²) >= 11 is 0. The Morgan fingerprint density at radius 1 is 1.16 bits per heavy atom. The van der Waals surface area contributed by atoms with Gasteiger partial charge in [0.05, 0.1) is 0 Å². The molecule has 1 heterocycles. The molecule has 0 aliphatic heterocycles. The van der Waals surface area contributed by atoms with Crippen molar-refractivity contribution in [3.05, 3.63) is 60.2 Å². The van der Waals surface area contributed by atoms with E-state index in [0.29, 0.717) is 24.9 Å². The molecule has 19 heavy (non-hydrogen) atoms. The van der Waals surface area contributed by atoms with Crippen LogP contribution in [0.5, 0.6) is 0 Å². The Bertz CT molecular complexity index is 523. The molecule has 1 aromatic heterocycles. The van der Waals surface area contributed by atoms with Gasteiger partial charge in [0.1, 0.15) is 5.82 Å². The van der Waals surface area contributed by atoms with Gasteiger partial charge in [0.15, 0.2) is 0 Å². The van der Waals surface area contributed by atoms with Gasteiger partial charge in [-0.2, -0.15) is 0 Å². The Morgan fingerprint density at radius 3 is 2.63 bits per heavy atom. The molecule has 0 radical (unpaired) electrons. The minimum absolute atomic E-state index is 0.0459. The minimum atomic E-state index is -0.248. The standard InChI is InChI=1S/C15H17FN2O/c16-14-6-2-1-5-13(14)7-8-15(19)17-9-12-18-10-3-4-11-18/h1-6,10-11H,7-9,12H2,(H,17,19). The van der Waals surface area contributed by atoms with Crippen molar-refractivity contribution in [3.8, 4) is 0 Å². The molecule has 0 aliphatic carbocycles. The first-order valence-electron chi connectivity index (χ1n) is 6.36. The predicted molar refractivity (Wildman–Crippen MR) is 72.2 cm³/mol. The Kier molecular flexibility index (Phi) is 4.72. The lowest BCUT2D eigenvalue weighted by molar-refractivity contribution is -0.121. The zero-order chi connectivity index (χ0) is 13.5. The minimum Gasteiger partial charge on any atom is -0.354 e. The molecule has 3 nitrogen and oxygen atoms in total. The van der Waals surface area contributed by atoms with Gasteiger partial charge in [-0.1, -0.05) is 18.2 Å². The summed E-state index contributed by atoms with van der Waals surface area (Å²) in [5, 5.41) is 2.83. The van der Waals surface area contributed by atoms with Crippen LogP contribution in [0.25, 0.3) is 0 Å². The second kappa shape index (κ2) is 6.73. The molecular weight excluding hydrogens is 243 g/mol. The molecule has 0 spiro atoms. The summed E-state index contributed by atoms with van der Waals surface area (Å²) in [7, 11) is 0. The fraction of sp³-hybridized carbons (Fsp3) is 0.267. The Morgan fingerprint density at radius 2 is 1.89 bits per heavy atom. The first-order chi connectivity index (χ1) is 9.25. The van der Waals surface area contributed by atoms with E-state index in [1.165, 1.54) is 6.07 Å². The Balaban J connectivity index is 1.69. The third kappa shape index (κ3) is 4.25. The molecule has 4 heteroatoms. The van der Waals surface area contributed by atoms with E-state index < -0.39 is 0 Å². The van der Waals surface area contributed by atoms with Gasteiger partial charge in [-0.05, 0) is 30.2 Å². The van der Waals surface area contributed by atoms with Crippen LogP contribution in [0.1, 0.15) is 12.0 Å². The largest absolute Gasteiger partial charge is 0.354 e. The molecule has 1 amide bonds. The smallest absolute Gasteiger partial charge is 0.220 e. The van der Waals surface area contributed by atoms with Gasteiger partial charge in [0.2, 0.25) is 5.91 Å². The van der Waals surface area contributed by atoms with E-state index in [4.69, 9.17) is 0 Å². The number of aromatic nitrogens is 1. The van der Waals surface area contributed by atoms with Crippen molar-refractivity contribution in [1.29, 1.82) is 0 Å². The Labute approximate surface area is 112 Å². The molecule has 0 atom stereocenters. The molecule has 0 saturated heterocycles. The number of amides is 1. The highest BCUT2D eigenvalue weighted by Crippen LogP contribution is 2.08. The van der Waals surface area contributed by atoms with Gasteiger partial charge < -0.3 is 9.88 Å². The number of nitrogens with zero attached hydrogens (tertiary/aromatic N) is 1. The van der Waals surface area contributed by atoms with Crippen LogP contribution >= 0.6 is 0 Å². The van der Waals surface area contributed by atoms with Crippen molar-refractivity contribution >= 4 is 5.91 Å². The van der Waals surface area contributed by atoms with Crippen LogP contribution in [0.15, 0.2) is 48.8 Å². The number of carbonyl (C=O) groups excluding carboxylic acids is 1. The lowest BCUT2D eigenvalue weighted by Gasteiger charge is -2.06. The van der Waals surface area contributed by atoms with Gasteiger partial charge >= 0.3 is 0 Å². The van der Waals surface area contributed by atoms with Crippen LogP contribution < -0.4 is 5.32 Å². The molecule has 1 N–H and O–H groups in total. The third-order valence-corrected chi connectivity index (χ3v) is 2.94. The van der Waals surface area contributed by atoms with Gasteiger partial charge in [-0.25, -0.2) is 4.39 Å². The van der Waals surface area contributed by atoms with Gasteiger partial charge in [0.25, 0.3) is 0 Å². The van der Waals surface area contributed by atoms with E-state index >= 15 is 0 Å². The summed E-state index contributed by atoms with van der Waals surface area (Å²) in [6.07, 6.45) is 4.64. The van der Waals surface area contributed by atoms with Crippen LogP contribution in [0.4, 0.5) is 4.39 Å². The molecule has 2 rings (SSSR count). The summed E-state index contributed by atoms with van der Waals surface area (Å²) in [5.74, 6) is -0.293. The van der Waals surface area contributed by atoms with Crippen molar-refractivity contribution in [2.45, 2.75) is 19.4 Å². The predicted octanol–water partition coefficient (Wildman–Crippen LogP) is 2.38. The first-order valence-corrected chi connectivity index (χ1v) is 6.36. The van der Waals surface area contributed by atoms with E-state index in [0.717, 1.165) is 6.54 Å². The van der Waals surface area contributed by atoms with Crippen molar-refractivity contribution in [3.63, 3.8) is 0 Å². The number of rotatable bonds is 6. The van der Waals surface area contributed by atoms with E-state index in [9.17, 15) is 9.18 Å². The number of aryl methyl sites for hydroxylation is 1. The van der Waals surface area contributed by atoms with E-state index in [2.05, 4.69) is 5.32 Å². The molecule has 0 bridgehead atoms. The quantitative estimate of drug-likeness (QED) is 0.850. The maximum Gasteiger partial charge on any atom is 0.220 e. The molecule has 2 aromatic rings. The van der Waals surface area contributed by atoms with Crippen LogP contribution in [0.3, 0.4) is 0 Å². The second-order valence-electron chi connectivity index (χ2n) is 4.36. The molecular formula is C15H17FN2O. The van der Waals surface area contributed by atoms with E-state index in [1.54, 1.807) is 18.2 Å². The number of nitrogens with one attached hydrogen (secondary N) is 1. The van der Waals surface area contributed by atoms with Crippen molar-refractivity contribution in [2.24, 2.45) is 0 Å². The monoisotopic (exact) mass is 260 g/mol. The number of halogens is 1. The summed E-state index contributed by atoms with van der Waals surface area (Å²) in [4.78, 5) is 11.6. The summed E-state index contributed by atoms with van der Waals surface area (Å²) in [6.45, 7) is 1.34. The normalized spacial score (nSPS) is 10.4. The average Bonchev–Trinajstić information content (AvgIpc) is 2.91. The number of hydrogen-bond acceptors (Lipinski definition) is 1. The molecule has 100 valence electrons. The lowest BCUT2D eigenvalue weighted by atomic mass is 10.1. The maximum atomic E-state index is 13.3. The molecule has 0 saturated carbocycles. The number of benzene rings is 1. The van der Waals surface area contributed by atoms with Crippen molar-refractivity contribution in [2.75, 3.05) is 6.54 Å². The van der Waals surface area contributed by atoms with Crippen LogP contribution in [0, 0.1) is 5.82 Å². The number of carbonyl (C=O) groups is 1. The van der Waals surface area contributed by atoms with Crippen molar-refractivity contribution < 1.29 is 9.18 Å². The molecule has 0 unspecified atom stereocenters. The highest BCUT2D eigenvalue weighted by molar-refractivity contribution is 5.76. The third-order valence-electron chi connectivity index (χ3n) is 2.94. The summed E-state index contributed by atoms with van der Waals surface area (Å²) < 4.78 is 15.3. The van der Waals surface area contributed by atoms with E-state index in [-0.39, 0.29) is 11.7 Å². The van der Waals surface area contributed by atoms with Gasteiger partial charge in [-0.3, -0.25) is 4.79 Å². The fourth-order valence-electron chi connectivity index (χ4n) is 1.88. The van der Waals surface area contributed by atoms with Crippen molar-refractivity contribution in [1.82, 2.24) is 9.88 Å². The van der Waals surface area contributed by atoms with Crippen LogP contribution in [-0.2, 0) is 17.8 Å². The van der Waals surface area contributed by atoms with Gasteiger partial charge in [-0.15, -0.1) is 0 Å². The molecule has 1 aromatic carbocycles. The van der Waals surface area contributed by atoms with Crippen LogP contribution in [-0.4, -0.2) is 17.0 Å². The fourth-order valence-corrected chi connectivity index (χ4v) is 1.88. The Hall–Kier alpha value is -2.10.